The molecule has 0 aromatic heterocycles. The van der Waals surface area contributed by atoms with Gasteiger partial charge in [0.2, 0.25) is 0 Å². The quantitative estimate of drug-likeness (QED) is 0.732. The van der Waals surface area contributed by atoms with Crippen molar-refractivity contribution in [1.29, 1.82) is 0 Å². The van der Waals surface area contributed by atoms with Crippen molar-refractivity contribution >= 4 is 31.7 Å². The van der Waals surface area contributed by atoms with Crippen LogP contribution in [0.15, 0.2) is 64.0 Å². The third-order valence-electron chi connectivity index (χ3n) is 5.54. The molecular formula is C20H20BrNO3S. The third kappa shape index (κ3) is 2.99. The Morgan fingerprint density at radius 2 is 1.50 bits per heavy atom. The van der Waals surface area contributed by atoms with E-state index in [1.807, 2.05) is 35.2 Å². The summed E-state index contributed by atoms with van der Waals surface area (Å²) in [4.78, 5) is 15.4. The van der Waals surface area contributed by atoms with E-state index in [-0.39, 0.29) is 18.0 Å². The van der Waals surface area contributed by atoms with Gasteiger partial charge in [0.1, 0.15) is 0 Å². The Bertz CT molecular complexity index is 915. The molecule has 0 spiro atoms. The van der Waals surface area contributed by atoms with E-state index in [9.17, 15) is 13.2 Å². The summed E-state index contributed by atoms with van der Waals surface area (Å²) < 4.78 is 26.8. The summed E-state index contributed by atoms with van der Waals surface area (Å²) in [6, 6.07) is 16.1. The molecule has 0 aliphatic carbocycles. The lowest BCUT2D eigenvalue weighted by molar-refractivity contribution is 0.0597. The Balaban J connectivity index is 1.59. The minimum atomic E-state index is -3.36. The molecule has 2 aliphatic heterocycles. The number of rotatable bonds is 3. The van der Waals surface area contributed by atoms with Gasteiger partial charge in [-0.25, -0.2) is 8.42 Å². The summed E-state index contributed by atoms with van der Waals surface area (Å²) in [5.41, 5.74) is 0.647. The van der Waals surface area contributed by atoms with Crippen molar-refractivity contribution < 1.29 is 13.2 Å². The molecule has 6 heteroatoms. The van der Waals surface area contributed by atoms with Gasteiger partial charge in [0.05, 0.1) is 15.7 Å². The minimum absolute atomic E-state index is 0.000495. The van der Waals surface area contributed by atoms with Gasteiger partial charge in [-0.3, -0.25) is 4.79 Å². The number of halogens is 1. The van der Waals surface area contributed by atoms with Crippen LogP contribution in [-0.4, -0.2) is 36.6 Å². The Labute approximate surface area is 162 Å². The van der Waals surface area contributed by atoms with Gasteiger partial charge in [-0.05, 0) is 65.9 Å². The lowest BCUT2D eigenvalue weighted by Gasteiger charge is -2.39. The van der Waals surface area contributed by atoms with Crippen LogP contribution in [0.3, 0.4) is 0 Å². The van der Waals surface area contributed by atoms with Crippen molar-refractivity contribution in [3.63, 3.8) is 0 Å². The molecule has 136 valence electrons. The van der Waals surface area contributed by atoms with Gasteiger partial charge >= 0.3 is 0 Å². The molecule has 0 unspecified atom stereocenters. The number of nitrogens with zero attached hydrogens (tertiary/aromatic N) is 1. The predicted octanol–water partition coefficient (Wildman–Crippen LogP) is 4.06. The van der Waals surface area contributed by atoms with Gasteiger partial charge in [0, 0.05) is 16.6 Å². The van der Waals surface area contributed by atoms with Gasteiger partial charge in [0.15, 0.2) is 9.84 Å². The second-order valence-electron chi connectivity index (χ2n) is 7.03. The van der Waals surface area contributed by atoms with Crippen LogP contribution < -0.4 is 0 Å². The number of carbonyl (C=O) groups is 1. The molecule has 2 aromatic rings. The topological polar surface area (TPSA) is 54.5 Å². The zero-order valence-electron chi connectivity index (χ0n) is 14.2. The summed E-state index contributed by atoms with van der Waals surface area (Å²) in [6.07, 6.45) is 2.79. The first-order valence-electron chi connectivity index (χ1n) is 8.84. The lowest BCUT2D eigenvalue weighted by Crippen LogP contribution is -2.49. The molecule has 4 nitrogen and oxygen atoms in total. The monoisotopic (exact) mass is 433 g/mol. The SMILES string of the molecule is O=C(c1ccccc1Br)N1[C@H]2CC[C@H]1CC(S(=O)(=O)c1ccccc1)C2. The van der Waals surface area contributed by atoms with Crippen LogP contribution in [0.2, 0.25) is 0 Å². The van der Waals surface area contributed by atoms with Crippen molar-refractivity contribution in [3.8, 4) is 0 Å². The number of hydrogen-bond acceptors (Lipinski definition) is 3. The molecule has 2 atom stereocenters. The lowest BCUT2D eigenvalue weighted by atomic mass is 10.0. The average Bonchev–Trinajstić information content (AvgIpc) is 2.91. The molecule has 2 heterocycles. The first-order chi connectivity index (χ1) is 12.5. The van der Waals surface area contributed by atoms with Crippen molar-refractivity contribution in [2.45, 2.75) is 47.9 Å². The summed E-state index contributed by atoms with van der Waals surface area (Å²) >= 11 is 3.45. The predicted molar refractivity (Wildman–Crippen MR) is 104 cm³/mol. The number of piperidine rings is 1. The molecule has 1 amide bonds. The largest absolute Gasteiger partial charge is 0.333 e. The number of fused-ring (bicyclic) bond motifs is 2. The van der Waals surface area contributed by atoms with Crippen LogP contribution in [-0.2, 0) is 9.84 Å². The summed E-state index contributed by atoms with van der Waals surface area (Å²) in [7, 11) is -3.36. The van der Waals surface area contributed by atoms with Crippen LogP contribution in [0.4, 0.5) is 0 Å². The van der Waals surface area contributed by atoms with E-state index in [2.05, 4.69) is 15.9 Å². The van der Waals surface area contributed by atoms with E-state index >= 15 is 0 Å². The summed E-state index contributed by atoms with van der Waals surface area (Å²) in [5, 5.41) is -0.411. The zero-order valence-corrected chi connectivity index (χ0v) is 16.6. The van der Waals surface area contributed by atoms with E-state index in [0.717, 1.165) is 17.3 Å². The van der Waals surface area contributed by atoms with Crippen LogP contribution >= 0.6 is 15.9 Å². The van der Waals surface area contributed by atoms with E-state index in [4.69, 9.17) is 0 Å². The summed E-state index contributed by atoms with van der Waals surface area (Å²) in [6.45, 7) is 0. The van der Waals surface area contributed by atoms with E-state index < -0.39 is 15.1 Å². The Morgan fingerprint density at radius 3 is 2.12 bits per heavy atom. The minimum Gasteiger partial charge on any atom is -0.333 e. The van der Waals surface area contributed by atoms with E-state index in [0.29, 0.717) is 23.3 Å². The van der Waals surface area contributed by atoms with Crippen LogP contribution in [0, 0.1) is 0 Å². The van der Waals surface area contributed by atoms with Gasteiger partial charge in [-0.1, -0.05) is 30.3 Å². The second-order valence-corrected chi connectivity index (χ2v) is 10.1. The molecule has 2 fully saturated rings. The molecule has 2 bridgehead atoms. The number of carbonyl (C=O) groups excluding carboxylic acids is 1. The Kier molecular flexibility index (Phi) is 4.65. The summed E-state index contributed by atoms with van der Waals surface area (Å²) in [5.74, 6) is 0.000495. The molecule has 2 aliphatic rings. The molecule has 2 aromatic carbocycles. The highest BCUT2D eigenvalue weighted by Gasteiger charge is 2.47. The fraction of sp³-hybridized carbons (Fsp3) is 0.350. The van der Waals surface area contributed by atoms with Crippen molar-refractivity contribution in [1.82, 2.24) is 4.90 Å². The highest BCUT2D eigenvalue weighted by molar-refractivity contribution is 9.10. The van der Waals surface area contributed by atoms with E-state index in [1.54, 1.807) is 24.3 Å². The first kappa shape index (κ1) is 17.7. The fourth-order valence-electron chi connectivity index (χ4n) is 4.29. The fourth-order valence-corrected chi connectivity index (χ4v) is 6.62. The van der Waals surface area contributed by atoms with Crippen molar-refractivity contribution in [2.75, 3.05) is 0 Å². The van der Waals surface area contributed by atoms with Gasteiger partial charge in [-0.2, -0.15) is 0 Å². The highest BCUT2D eigenvalue weighted by Crippen LogP contribution is 2.41. The van der Waals surface area contributed by atoms with Crippen molar-refractivity contribution in [2.24, 2.45) is 0 Å². The standard InChI is InChI=1S/C20H20BrNO3S/c21-19-9-5-4-8-18(19)20(23)22-14-10-11-15(22)13-17(12-14)26(24,25)16-6-2-1-3-7-16/h1-9,14-15,17H,10-13H2/t14-,15-/m0/s1. The van der Waals surface area contributed by atoms with Gasteiger partial charge < -0.3 is 4.90 Å². The maximum absolute atomic E-state index is 13.1. The molecule has 0 N–H and O–H groups in total. The van der Waals surface area contributed by atoms with Crippen LogP contribution in [0.5, 0.6) is 0 Å². The van der Waals surface area contributed by atoms with Crippen molar-refractivity contribution in [3.05, 3.63) is 64.6 Å². The molecule has 26 heavy (non-hydrogen) atoms. The Hall–Kier alpha value is -1.66. The van der Waals surface area contributed by atoms with Crippen LogP contribution in [0.1, 0.15) is 36.0 Å². The molecule has 0 radical (unpaired) electrons. The second kappa shape index (κ2) is 6.82. The maximum atomic E-state index is 13.1. The molecular weight excluding hydrogens is 414 g/mol. The number of benzene rings is 2. The first-order valence-corrected chi connectivity index (χ1v) is 11.2. The number of amides is 1. The van der Waals surface area contributed by atoms with Crippen LogP contribution in [0.25, 0.3) is 0 Å². The number of hydrogen-bond donors (Lipinski definition) is 0. The van der Waals surface area contributed by atoms with E-state index in [1.165, 1.54) is 0 Å². The normalized spacial score (nSPS) is 25.3. The van der Waals surface area contributed by atoms with Gasteiger partial charge in [-0.15, -0.1) is 0 Å². The average molecular weight is 434 g/mol. The molecule has 2 saturated heterocycles. The molecule has 0 saturated carbocycles. The van der Waals surface area contributed by atoms with Gasteiger partial charge in [0.25, 0.3) is 5.91 Å². The molecule has 4 rings (SSSR count). The maximum Gasteiger partial charge on any atom is 0.255 e. The third-order valence-corrected chi connectivity index (χ3v) is 8.42. The number of sulfone groups is 1. The smallest absolute Gasteiger partial charge is 0.255 e. The Morgan fingerprint density at radius 1 is 0.923 bits per heavy atom. The zero-order chi connectivity index (χ0) is 18.3. The highest BCUT2D eigenvalue weighted by atomic mass is 79.9.